The maximum Gasteiger partial charge on any atom is 0.200 e. The first kappa shape index (κ1) is 15.5. The summed E-state index contributed by atoms with van der Waals surface area (Å²) in [5, 5.41) is 18.6. The standard InChI is InChI=1S/C17H22N6S/c1-2-13-9-16(17-20-18-12-23(17)21-13)19-14-5-3-7-22(10-14)11-15-6-4-8-24-15/h4,6,8-9,12,14,19H,2-3,5,7,10-11H2,1H3. The Kier molecular flexibility index (Phi) is 4.44. The maximum atomic E-state index is 4.51. The van der Waals surface area contributed by atoms with Gasteiger partial charge in [-0.25, -0.2) is 0 Å². The molecule has 0 saturated carbocycles. The predicted molar refractivity (Wildman–Crippen MR) is 96.4 cm³/mol. The van der Waals surface area contributed by atoms with E-state index < -0.39 is 0 Å². The predicted octanol–water partition coefficient (Wildman–Crippen LogP) is 2.82. The van der Waals surface area contributed by atoms with E-state index in [-0.39, 0.29) is 0 Å². The average molecular weight is 342 g/mol. The third kappa shape index (κ3) is 3.27. The van der Waals surface area contributed by atoms with Crippen LogP contribution in [0.2, 0.25) is 0 Å². The molecular formula is C17H22N6S. The van der Waals surface area contributed by atoms with Gasteiger partial charge in [-0.1, -0.05) is 13.0 Å². The van der Waals surface area contributed by atoms with Crippen LogP contribution in [0.15, 0.2) is 29.9 Å². The summed E-state index contributed by atoms with van der Waals surface area (Å²) in [4.78, 5) is 3.98. The Bertz CT molecular complexity index is 797. The molecule has 7 heteroatoms. The van der Waals surface area contributed by atoms with E-state index in [9.17, 15) is 0 Å². The van der Waals surface area contributed by atoms with Crippen LogP contribution in [0.4, 0.5) is 5.69 Å². The van der Waals surface area contributed by atoms with Crippen LogP contribution in [0.5, 0.6) is 0 Å². The van der Waals surface area contributed by atoms with Gasteiger partial charge >= 0.3 is 0 Å². The molecular weight excluding hydrogens is 320 g/mol. The number of fused-ring (bicyclic) bond motifs is 1. The number of aryl methyl sites for hydroxylation is 1. The molecule has 0 amide bonds. The van der Waals surface area contributed by atoms with Crippen molar-refractivity contribution in [3.8, 4) is 0 Å². The number of aromatic nitrogens is 4. The summed E-state index contributed by atoms with van der Waals surface area (Å²) in [6.45, 7) is 5.40. The van der Waals surface area contributed by atoms with Crippen LogP contribution < -0.4 is 5.32 Å². The molecule has 0 spiro atoms. The van der Waals surface area contributed by atoms with Gasteiger partial charge in [0.1, 0.15) is 6.33 Å². The number of hydrogen-bond donors (Lipinski definition) is 1. The molecule has 1 unspecified atom stereocenters. The fourth-order valence-corrected chi connectivity index (χ4v) is 4.06. The van der Waals surface area contributed by atoms with Crippen molar-refractivity contribution in [2.45, 2.75) is 38.8 Å². The zero-order valence-corrected chi connectivity index (χ0v) is 14.7. The van der Waals surface area contributed by atoms with Gasteiger partial charge in [0, 0.05) is 24.0 Å². The number of thiophene rings is 1. The molecule has 3 aromatic heterocycles. The minimum atomic E-state index is 0.436. The lowest BCUT2D eigenvalue weighted by Gasteiger charge is -2.33. The van der Waals surface area contributed by atoms with Gasteiger partial charge in [0.25, 0.3) is 0 Å². The molecule has 1 fully saturated rings. The first-order valence-electron chi connectivity index (χ1n) is 8.53. The van der Waals surface area contributed by atoms with Crippen LogP contribution >= 0.6 is 11.3 Å². The van der Waals surface area contributed by atoms with E-state index in [2.05, 4.69) is 56.0 Å². The summed E-state index contributed by atoms with van der Waals surface area (Å²) in [5.74, 6) is 0. The van der Waals surface area contributed by atoms with Gasteiger partial charge in [-0.3, -0.25) is 4.90 Å². The molecule has 1 aliphatic rings. The molecule has 0 bridgehead atoms. The molecule has 1 atom stereocenters. The maximum absolute atomic E-state index is 4.51. The summed E-state index contributed by atoms with van der Waals surface area (Å²) in [6.07, 6.45) is 4.98. The Morgan fingerprint density at radius 1 is 1.42 bits per heavy atom. The van der Waals surface area contributed by atoms with E-state index in [0.29, 0.717) is 6.04 Å². The Morgan fingerprint density at radius 2 is 2.38 bits per heavy atom. The second-order valence-electron chi connectivity index (χ2n) is 6.30. The number of rotatable bonds is 5. The molecule has 1 aliphatic heterocycles. The van der Waals surface area contributed by atoms with Crippen molar-refractivity contribution in [1.29, 1.82) is 0 Å². The van der Waals surface area contributed by atoms with Crippen molar-refractivity contribution in [2.24, 2.45) is 0 Å². The minimum absolute atomic E-state index is 0.436. The van der Waals surface area contributed by atoms with E-state index in [0.717, 1.165) is 36.5 Å². The molecule has 0 radical (unpaired) electrons. The molecule has 3 aromatic rings. The summed E-state index contributed by atoms with van der Waals surface area (Å²) in [5.41, 5.74) is 2.90. The Hall–Kier alpha value is -1.99. The lowest BCUT2D eigenvalue weighted by atomic mass is 10.1. The molecule has 4 rings (SSSR count). The Labute approximate surface area is 145 Å². The highest BCUT2D eigenvalue weighted by Crippen LogP contribution is 2.22. The molecule has 1 saturated heterocycles. The van der Waals surface area contributed by atoms with Crippen LogP contribution in [0, 0.1) is 0 Å². The van der Waals surface area contributed by atoms with Gasteiger partial charge in [-0.05, 0) is 43.3 Å². The summed E-state index contributed by atoms with van der Waals surface area (Å²) >= 11 is 1.84. The number of anilines is 1. The number of hydrogen-bond acceptors (Lipinski definition) is 6. The van der Waals surface area contributed by atoms with Crippen LogP contribution in [-0.4, -0.2) is 43.8 Å². The largest absolute Gasteiger partial charge is 0.378 e. The van der Waals surface area contributed by atoms with Crippen LogP contribution in [-0.2, 0) is 13.0 Å². The van der Waals surface area contributed by atoms with E-state index >= 15 is 0 Å². The molecule has 6 nitrogen and oxygen atoms in total. The second kappa shape index (κ2) is 6.86. The van der Waals surface area contributed by atoms with Gasteiger partial charge in [-0.2, -0.15) is 9.61 Å². The van der Waals surface area contributed by atoms with Crippen molar-refractivity contribution in [1.82, 2.24) is 24.7 Å². The quantitative estimate of drug-likeness (QED) is 0.773. The van der Waals surface area contributed by atoms with Gasteiger partial charge in [-0.15, -0.1) is 21.5 Å². The SMILES string of the molecule is CCc1cc(NC2CCCN(Cc3cccs3)C2)c2nncn2n1. The molecule has 0 aromatic carbocycles. The number of nitrogens with zero attached hydrogens (tertiary/aromatic N) is 5. The highest BCUT2D eigenvalue weighted by Gasteiger charge is 2.21. The minimum Gasteiger partial charge on any atom is -0.378 e. The van der Waals surface area contributed by atoms with Crippen molar-refractivity contribution >= 4 is 22.7 Å². The normalized spacial score (nSPS) is 19.0. The van der Waals surface area contributed by atoms with Crippen molar-refractivity contribution < 1.29 is 0 Å². The molecule has 4 heterocycles. The number of nitrogens with one attached hydrogen (secondary N) is 1. The molecule has 126 valence electrons. The smallest absolute Gasteiger partial charge is 0.200 e. The zero-order valence-electron chi connectivity index (χ0n) is 13.9. The topological polar surface area (TPSA) is 58.3 Å². The fourth-order valence-electron chi connectivity index (χ4n) is 3.32. The van der Waals surface area contributed by atoms with Crippen molar-refractivity contribution in [3.05, 3.63) is 40.5 Å². The highest BCUT2D eigenvalue weighted by atomic mass is 32.1. The fraction of sp³-hybridized carbons (Fsp3) is 0.471. The molecule has 1 N–H and O–H groups in total. The third-order valence-electron chi connectivity index (χ3n) is 4.51. The van der Waals surface area contributed by atoms with E-state index in [1.807, 2.05) is 11.3 Å². The van der Waals surface area contributed by atoms with Crippen LogP contribution in [0.1, 0.15) is 30.3 Å². The van der Waals surface area contributed by atoms with E-state index in [4.69, 9.17) is 0 Å². The van der Waals surface area contributed by atoms with Crippen molar-refractivity contribution in [3.63, 3.8) is 0 Å². The van der Waals surface area contributed by atoms with Crippen LogP contribution in [0.3, 0.4) is 0 Å². The Balaban J connectivity index is 1.49. The summed E-state index contributed by atoms with van der Waals surface area (Å²) in [6, 6.07) is 6.90. The van der Waals surface area contributed by atoms with Gasteiger partial charge in [0.05, 0.1) is 11.4 Å². The number of piperidine rings is 1. The first-order chi connectivity index (χ1) is 11.8. The monoisotopic (exact) mass is 342 g/mol. The Morgan fingerprint density at radius 3 is 3.21 bits per heavy atom. The highest BCUT2D eigenvalue weighted by molar-refractivity contribution is 7.09. The molecule has 0 aliphatic carbocycles. The average Bonchev–Trinajstić information content (AvgIpc) is 3.26. The first-order valence-corrected chi connectivity index (χ1v) is 9.41. The molecule has 24 heavy (non-hydrogen) atoms. The van der Waals surface area contributed by atoms with Crippen molar-refractivity contribution in [2.75, 3.05) is 18.4 Å². The second-order valence-corrected chi connectivity index (χ2v) is 7.33. The third-order valence-corrected chi connectivity index (χ3v) is 5.37. The lowest BCUT2D eigenvalue weighted by Crippen LogP contribution is -2.41. The number of likely N-dealkylation sites (tertiary alicyclic amines) is 1. The summed E-state index contributed by atoms with van der Waals surface area (Å²) < 4.78 is 1.77. The van der Waals surface area contributed by atoms with E-state index in [1.54, 1.807) is 10.8 Å². The zero-order chi connectivity index (χ0) is 16.4. The lowest BCUT2D eigenvalue weighted by molar-refractivity contribution is 0.210. The van der Waals surface area contributed by atoms with Crippen LogP contribution in [0.25, 0.3) is 5.65 Å². The van der Waals surface area contributed by atoms with Gasteiger partial charge < -0.3 is 5.32 Å². The van der Waals surface area contributed by atoms with Gasteiger partial charge in [0.15, 0.2) is 0 Å². The van der Waals surface area contributed by atoms with Gasteiger partial charge in [0.2, 0.25) is 5.65 Å². The van der Waals surface area contributed by atoms with E-state index in [1.165, 1.54) is 24.3 Å². The summed E-state index contributed by atoms with van der Waals surface area (Å²) in [7, 11) is 0.